The van der Waals surface area contributed by atoms with E-state index in [0.29, 0.717) is 5.25 Å². The third kappa shape index (κ3) is 3.46. The Labute approximate surface area is 104 Å². The number of nitrogens with zero attached hydrogens (tertiary/aromatic N) is 1. The fraction of sp³-hybridized carbons (Fsp3) is 0.231. The summed E-state index contributed by atoms with van der Waals surface area (Å²) < 4.78 is 0. The molecule has 2 rings (SSSR count). The minimum Gasteiger partial charge on any atom is -0.258 e. The standard InChI is InChI=1S/C13H13NO2S/c15-14(16)11-7-9-13(10-8-11)17-12-5-3-1-2-4-6-12/h1-3,5,7-10,12H,4,6H2/t12-/m0/s1. The van der Waals surface area contributed by atoms with Gasteiger partial charge in [0.05, 0.1) is 4.92 Å². The molecule has 0 bridgehead atoms. The molecule has 0 aromatic heterocycles. The first-order chi connectivity index (χ1) is 8.25. The smallest absolute Gasteiger partial charge is 0.258 e. The van der Waals surface area contributed by atoms with Crippen LogP contribution in [-0.2, 0) is 0 Å². The molecule has 0 spiro atoms. The Morgan fingerprint density at radius 3 is 2.71 bits per heavy atom. The average molecular weight is 247 g/mol. The molecule has 3 nitrogen and oxygen atoms in total. The van der Waals surface area contributed by atoms with Crippen molar-refractivity contribution in [1.82, 2.24) is 0 Å². The molecule has 0 aliphatic heterocycles. The number of allylic oxidation sites excluding steroid dienone is 3. The molecule has 17 heavy (non-hydrogen) atoms. The molecule has 1 aliphatic rings. The zero-order valence-electron chi connectivity index (χ0n) is 9.28. The molecule has 4 heteroatoms. The van der Waals surface area contributed by atoms with E-state index in [4.69, 9.17) is 0 Å². The molecule has 0 amide bonds. The van der Waals surface area contributed by atoms with Gasteiger partial charge < -0.3 is 0 Å². The molecule has 1 atom stereocenters. The number of benzene rings is 1. The Morgan fingerprint density at radius 2 is 2.00 bits per heavy atom. The second-order valence-corrected chi connectivity index (χ2v) is 5.11. The summed E-state index contributed by atoms with van der Waals surface area (Å²) in [6.45, 7) is 0. The van der Waals surface area contributed by atoms with Crippen LogP contribution in [0.1, 0.15) is 12.8 Å². The van der Waals surface area contributed by atoms with Crippen LogP contribution in [0.3, 0.4) is 0 Å². The second-order valence-electron chi connectivity index (χ2n) is 3.80. The highest BCUT2D eigenvalue weighted by atomic mass is 32.2. The van der Waals surface area contributed by atoms with E-state index in [2.05, 4.69) is 24.3 Å². The molecule has 88 valence electrons. The quantitative estimate of drug-likeness (QED) is 0.599. The highest BCUT2D eigenvalue weighted by Crippen LogP contribution is 2.29. The molecule has 1 aromatic rings. The summed E-state index contributed by atoms with van der Waals surface area (Å²) in [4.78, 5) is 11.2. The van der Waals surface area contributed by atoms with Crippen LogP contribution >= 0.6 is 11.8 Å². The van der Waals surface area contributed by atoms with Crippen LogP contribution in [0.4, 0.5) is 5.69 Å². The van der Waals surface area contributed by atoms with Crippen molar-refractivity contribution in [2.45, 2.75) is 23.0 Å². The Kier molecular flexibility index (Phi) is 3.98. The van der Waals surface area contributed by atoms with E-state index >= 15 is 0 Å². The number of hydrogen-bond acceptors (Lipinski definition) is 3. The second kappa shape index (κ2) is 5.68. The first kappa shape index (κ1) is 11.9. The zero-order valence-corrected chi connectivity index (χ0v) is 10.1. The van der Waals surface area contributed by atoms with Gasteiger partial charge in [-0.1, -0.05) is 24.3 Å². The fourth-order valence-corrected chi connectivity index (χ4v) is 2.71. The minimum absolute atomic E-state index is 0.146. The van der Waals surface area contributed by atoms with Gasteiger partial charge in [-0.15, -0.1) is 11.8 Å². The van der Waals surface area contributed by atoms with Gasteiger partial charge in [0.15, 0.2) is 0 Å². The summed E-state index contributed by atoms with van der Waals surface area (Å²) in [6, 6.07) is 6.74. The largest absolute Gasteiger partial charge is 0.269 e. The molecule has 0 saturated heterocycles. The van der Waals surface area contributed by atoms with Gasteiger partial charge in [-0.05, 0) is 25.0 Å². The molecule has 1 aromatic carbocycles. The molecule has 0 heterocycles. The molecule has 1 aliphatic carbocycles. The molecule has 0 N–H and O–H groups in total. The van der Waals surface area contributed by atoms with E-state index in [0.717, 1.165) is 17.7 Å². The summed E-state index contributed by atoms with van der Waals surface area (Å²) in [5.41, 5.74) is 0.146. The van der Waals surface area contributed by atoms with Gasteiger partial charge in [-0.25, -0.2) is 0 Å². The predicted octanol–water partition coefficient (Wildman–Crippen LogP) is 3.96. The van der Waals surface area contributed by atoms with E-state index in [1.54, 1.807) is 23.9 Å². The Balaban J connectivity index is 2.01. The van der Waals surface area contributed by atoms with E-state index < -0.39 is 0 Å². The summed E-state index contributed by atoms with van der Waals surface area (Å²) in [5, 5.41) is 11.0. The van der Waals surface area contributed by atoms with Crippen molar-refractivity contribution in [2.24, 2.45) is 0 Å². The summed E-state index contributed by atoms with van der Waals surface area (Å²) in [6.07, 6.45) is 10.7. The van der Waals surface area contributed by atoms with Crippen molar-refractivity contribution in [1.29, 1.82) is 0 Å². The molecular weight excluding hydrogens is 234 g/mol. The lowest BCUT2D eigenvalue weighted by atomic mass is 10.2. The van der Waals surface area contributed by atoms with Gasteiger partial charge in [0.1, 0.15) is 0 Å². The van der Waals surface area contributed by atoms with Gasteiger partial charge in [-0.3, -0.25) is 10.1 Å². The number of nitro benzene ring substituents is 1. The number of thioether (sulfide) groups is 1. The van der Waals surface area contributed by atoms with E-state index in [1.807, 2.05) is 12.1 Å². The summed E-state index contributed by atoms with van der Waals surface area (Å²) in [7, 11) is 0. The predicted molar refractivity (Wildman–Crippen MR) is 70.3 cm³/mol. The molecule has 0 fully saturated rings. The van der Waals surface area contributed by atoms with Crippen molar-refractivity contribution >= 4 is 17.4 Å². The highest BCUT2D eigenvalue weighted by molar-refractivity contribution is 8.00. The van der Waals surface area contributed by atoms with Crippen LogP contribution in [0.25, 0.3) is 0 Å². The maximum atomic E-state index is 10.5. The monoisotopic (exact) mass is 247 g/mol. The SMILES string of the molecule is O=[N+]([O-])c1ccc(S[C@H]2C=CC=CCC2)cc1. The normalized spacial score (nSPS) is 18.9. The lowest BCUT2D eigenvalue weighted by Crippen LogP contribution is -1.96. The summed E-state index contributed by atoms with van der Waals surface area (Å²) in [5.74, 6) is 0. The van der Waals surface area contributed by atoms with Gasteiger partial charge >= 0.3 is 0 Å². The number of rotatable bonds is 3. The van der Waals surface area contributed by atoms with Crippen LogP contribution in [0.2, 0.25) is 0 Å². The zero-order chi connectivity index (χ0) is 12.1. The van der Waals surface area contributed by atoms with Crippen LogP contribution in [0, 0.1) is 10.1 Å². The van der Waals surface area contributed by atoms with Crippen LogP contribution in [-0.4, -0.2) is 10.2 Å². The third-order valence-electron chi connectivity index (χ3n) is 2.53. The van der Waals surface area contributed by atoms with Crippen LogP contribution in [0.5, 0.6) is 0 Å². The minimum atomic E-state index is -0.371. The van der Waals surface area contributed by atoms with E-state index in [9.17, 15) is 10.1 Å². The topological polar surface area (TPSA) is 43.1 Å². The summed E-state index contributed by atoms with van der Waals surface area (Å²) >= 11 is 1.75. The Hall–Kier alpha value is -1.55. The van der Waals surface area contributed by atoms with Crippen LogP contribution in [0.15, 0.2) is 53.5 Å². The fourth-order valence-electron chi connectivity index (χ4n) is 1.64. The van der Waals surface area contributed by atoms with Gasteiger partial charge in [-0.2, -0.15) is 0 Å². The van der Waals surface area contributed by atoms with Gasteiger partial charge in [0.25, 0.3) is 5.69 Å². The van der Waals surface area contributed by atoms with Crippen molar-refractivity contribution in [2.75, 3.05) is 0 Å². The number of non-ortho nitro benzene ring substituents is 1. The maximum absolute atomic E-state index is 10.5. The Morgan fingerprint density at radius 1 is 1.24 bits per heavy atom. The van der Waals surface area contributed by atoms with Crippen LogP contribution < -0.4 is 0 Å². The molecule has 0 radical (unpaired) electrons. The Bertz CT molecular complexity index is 451. The molecule has 0 saturated carbocycles. The van der Waals surface area contributed by atoms with Crippen molar-refractivity contribution < 1.29 is 4.92 Å². The van der Waals surface area contributed by atoms with E-state index in [-0.39, 0.29) is 10.6 Å². The van der Waals surface area contributed by atoms with E-state index in [1.165, 1.54) is 0 Å². The van der Waals surface area contributed by atoms with Crippen molar-refractivity contribution in [3.8, 4) is 0 Å². The van der Waals surface area contributed by atoms with Crippen molar-refractivity contribution in [3.05, 3.63) is 58.7 Å². The average Bonchev–Trinajstić information content (AvgIpc) is 2.58. The maximum Gasteiger partial charge on any atom is 0.269 e. The lowest BCUT2D eigenvalue weighted by Gasteiger charge is -2.09. The highest BCUT2D eigenvalue weighted by Gasteiger charge is 2.09. The van der Waals surface area contributed by atoms with Crippen molar-refractivity contribution in [3.63, 3.8) is 0 Å². The number of nitro groups is 1. The molecular formula is C13H13NO2S. The molecule has 0 unspecified atom stereocenters. The van der Waals surface area contributed by atoms with Gasteiger partial charge in [0, 0.05) is 22.3 Å². The first-order valence-electron chi connectivity index (χ1n) is 5.50. The third-order valence-corrected chi connectivity index (χ3v) is 3.77. The lowest BCUT2D eigenvalue weighted by molar-refractivity contribution is -0.384. The number of hydrogen-bond donors (Lipinski definition) is 0. The first-order valence-corrected chi connectivity index (χ1v) is 6.38. The van der Waals surface area contributed by atoms with Gasteiger partial charge in [0.2, 0.25) is 0 Å².